The van der Waals surface area contributed by atoms with Gasteiger partial charge in [-0.2, -0.15) is 0 Å². The maximum absolute atomic E-state index is 10.5. The van der Waals surface area contributed by atoms with Crippen LogP contribution in [0.3, 0.4) is 0 Å². The van der Waals surface area contributed by atoms with E-state index in [4.69, 9.17) is 14.3 Å². The van der Waals surface area contributed by atoms with Crippen LogP contribution >= 0.6 is 0 Å². The number of unbranched alkanes of at least 4 members (excludes halogenated alkanes) is 1. The first-order valence-electron chi connectivity index (χ1n) is 7.84. The SMILES string of the molecule is CC(C)(C)[Si](C)(C)OCCCCOc1ccc(NC(=O)O)cn1. The molecule has 1 aromatic heterocycles. The fourth-order valence-corrected chi connectivity index (χ4v) is 2.68. The van der Waals surface area contributed by atoms with Crippen LogP contribution in [0.1, 0.15) is 33.6 Å². The van der Waals surface area contributed by atoms with Crippen molar-refractivity contribution in [3.05, 3.63) is 18.3 Å². The van der Waals surface area contributed by atoms with Gasteiger partial charge in [0.2, 0.25) is 5.88 Å². The molecule has 0 bridgehead atoms. The zero-order chi connectivity index (χ0) is 17.5. The first-order chi connectivity index (χ1) is 10.6. The molecule has 0 unspecified atom stereocenters. The number of nitrogens with zero attached hydrogens (tertiary/aromatic N) is 1. The van der Waals surface area contributed by atoms with Gasteiger partial charge in [0.15, 0.2) is 8.32 Å². The van der Waals surface area contributed by atoms with Crippen LogP contribution in [0.25, 0.3) is 0 Å². The van der Waals surface area contributed by atoms with E-state index in [1.54, 1.807) is 12.1 Å². The number of amides is 1. The largest absolute Gasteiger partial charge is 0.478 e. The number of anilines is 1. The molecule has 0 saturated heterocycles. The fraction of sp³-hybridized carbons (Fsp3) is 0.625. The van der Waals surface area contributed by atoms with E-state index in [0.29, 0.717) is 18.2 Å². The van der Waals surface area contributed by atoms with E-state index in [1.165, 1.54) is 6.20 Å². The van der Waals surface area contributed by atoms with Gasteiger partial charge < -0.3 is 14.3 Å². The summed E-state index contributed by atoms with van der Waals surface area (Å²) in [6.45, 7) is 12.5. The Kier molecular flexibility index (Phi) is 7.02. The zero-order valence-corrected chi connectivity index (χ0v) is 15.7. The van der Waals surface area contributed by atoms with Crippen LogP contribution in [0.2, 0.25) is 18.1 Å². The Labute approximate surface area is 139 Å². The van der Waals surface area contributed by atoms with Crippen LogP contribution in [0.5, 0.6) is 5.88 Å². The summed E-state index contributed by atoms with van der Waals surface area (Å²) >= 11 is 0. The molecule has 1 rings (SSSR count). The van der Waals surface area contributed by atoms with Gasteiger partial charge in [-0.3, -0.25) is 5.32 Å². The number of hydrogen-bond acceptors (Lipinski definition) is 4. The van der Waals surface area contributed by atoms with Crippen LogP contribution in [0.15, 0.2) is 18.3 Å². The second kappa shape index (κ2) is 8.31. The van der Waals surface area contributed by atoms with Crippen molar-refractivity contribution in [3.8, 4) is 5.88 Å². The van der Waals surface area contributed by atoms with Crippen LogP contribution in [-0.2, 0) is 4.43 Å². The lowest BCUT2D eigenvalue weighted by atomic mass is 10.2. The van der Waals surface area contributed by atoms with Crippen molar-refractivity contribution in [3.63, 3.8) is 0 Å². The molecule has 0 saturated carbocycles. The molecule has 0 aliphatic rings. The molecule has 1 amide bonds. The maximum Gasteiger partial charge on any atom is 0.409 e. The average molecular weight is 340 g/mol. The number of hydrogen-bond donors (Lipinski definition) is 2. The van der Waals surface area contributed by atoms with Gasteiger partial charge in [-0.25, -0.2) is 9.78 Å². The summed E-state index contributed by atoms with van der Waals surface area (Å²) in [6.07, 6.45) is 2.17. The molecular weight excluding hydrogens is 312 g/mol. The molecule has 0 atom stereocenters. The molecule has 130 valence electrons. The van der Waals surface area contributed by atoms with Crippen LogP contribution < -0.4 is 10.1 Å². The first-order valence-corrected chi connectivity index (χ1v) is 10.8. The minimum absolute atomic E-state index is 0.235. The fourth-order valence-electron chi connectivity index (χ4n) is 1.59. The second-order valence-corrected chi connectivity index (χ2v) is 11.8. The second-order valence-electron chi connectivity index (χ2n) is 6.98. The summed E-state index contributed by atoms with van der Waals surface area (Å²) in [6, 6.07) is 3.27. The standard InChI is InChI=1S/C16H28N2O4Si/c1-16(2,3)23(4,5)22-11-7-6-10-21-14-9-8-13(12-17-14)18-15(19)20/h8-9,12,18H,6-7,10-11H2,1-5H3,(H,19,20). The number of aromatic nitrogens is 1. The highest BCUT2D eigenvalue weighted by atomic mass is 28.4. The van der Waals surface area contributed by atoms with E-state index in [-0.39, 0.29) is 5.04 Å². The molecule has 0 aliphatic carbocycles. The van der Waals surface area contributed by atoms with Crippen LogP contribution in [0, 0.1) is 0 Å². The number of pyridine rings is 1. The zero-order valence-electron chi connectivity index (χ0n) is 14.7. The Balaban J connectivity index is 2.21. The molecule has 6 nitrogen and oxygen atoms in total. The topological polar surface area (TPSA) is 80.7 Å². The third-order valence-electron chi connectivity index (χ3n) is 4.05. The first kappa shape index (κ1) is 19.4. The minimum Gasteiger partial charge on any atom is -0.478 e. The van der Waals surface area contributed by atoms with Gasteiger partial charge in [0, 0.05) is 12.7 Å². The summed E-state index contributed by atoms with van der Waals surface area (Å²) < 4.78 is 11.6. The van der Waals surface area contributed by atoms with E-state index in [9.17, 15) is 4.79 Å². The molecule has 0 radical (unpaired) electrons. The van der Waals surface area contributed by atoms with Gasteiger partial charge in [-0.05, 0) is 37.0 Å². The number of ether oxygens (including phenoxy) is 1. The average Bonchev–Trinajstić information content (AvgIpc) is 2.42. The molecule has 1 aromatic rings. The third-order valence-corrected chi connectivity index (χ3v) is 8.58. The lowest BCUT2D eigenvalue weighted by Gasteiger charge is -2.36. The maximum atomic E-state index is 10.5. The molecule has 0 aliphatic heterocycles. The Morgan fingerprint density at radius 3 is 2.43 bits per heavy atom. The van der Waals surface area contributed by atoms with E-state index < -0.39 is 14.4 Å². The molecule has 0 fully saturated rings. The number of carbonyl (C=O) groups is 1. The number of rotatable bonds is 8. The summed E-state index contributed by atoms with van der Waals surface area (Å²) in [5, 5.41) is 11.1. The Morgan fingerprint density at radius 2 is 1.91 bits per heavy atom. The monoisotopic (exact) mass is 340 g/mol. The van der Waals surface area contributed by atoms with Crippen molar-refractivity contribution in [1.29, 1.82) is 0 Å². The van der Waals surface area contributed by atoms with Crippen molar-refractivity contribution in [1.82, 2.24) is 4.98 Å². The molecular formula is C16H28N2O4Si. The van der Waals surface area contributed by atoms with Crippen molar-refractivity contribution in [2.45, 2.75) is 51.7 Å². The van der Waals surface area contributed by atoms with Crippen molar-refractivity contribution >= 4 is 20.1 Å². The lowest BCUT2D eigenvalue weighted by molar-refractivity contribution is 0.209. The minimum atomic E-state index is -1.66. The highest BCUT2D eigenvalue weighted by Gasteiger charge is 2.36. The van der Waals surface area contributed by atoms with Gasteiger partial charge in [0.1, 0.15) is 0 Å². The third kappa shape index (κ3) is 7.00. The summed E-state index contributed by atoms with van der Waals surface area (Å²) in [5.41, 5.74) is 0.424. The molecule has 0 aromatic carbocycles. The Bertz CT molecular complexity index is 498. The van der Waals surface area contributed by atoms with Crippen molar-refractivity contribution < 1.29 is 19.1 Å². The normalized spacial score (nSPS) is 12.0. The van der Waals surface area contributed by atoms with Crippen molar-refractivity contribution in [2.75, 3.05) is 18.5 Å². The number of nitrogens with one attached hydrogen (secondary N) is 1. The molecule has 0 spiro atoms. The van der Waals surface area contributed by atoms with E-state index in [2.05, 4.69) is 44.2 Å². The molecule has 1 heterocycles. The quantitative estimate of drug-likeness (QED) is 0.543. The Hall–Kier alpha value is -1.60. The predicted molar refractivity (Wildman–Crippen MR) is 93.8 cm³/mol. The predicted octanol–water partition coefficient (Wildman–Crippen LogP) is 4.35. The van der Waals surface area contributed by atoms with E-state index in [1.807, 2.05) is 0 Å². The van der Waals surface area contributed by atoms with Gasteiger partial charge >= 0.3 is 6.09 Å². The summed E-state index contributed by atoms with van der Waals surface area (Å²) in [4.78, 5) is 14.5. The molecule has 23 heavy (non-hydrogen) atoms. The molecule has 2 N–H and O–H groups in total. The Morgan fingerprint density at radius 1 is 1.26 bits per heavy atom. The molecule has 7 heteroatoms. The highest BCUT2D eigenvalue weighted by Crippen LogP contribution is 2.36. The van der Waals surface area contributed by atoms with Gasteiger partial charge in [-0.15, -0.1) is 0 Å². The van der Waals surface area contributed by atoms with Gasteiger partial charge in [0.25, 0.3) is 0 Å². The van der Waals surface area contributed by atoms with E-state index in [0.717, 1.165) is 19.4 Å². The van der Waals surface area contributed by atoms with Crippen molar-refractivity contribution in [2.24, 2.45) is 0 Å². The van der Waals surface area contributed by atoms with Gasteiger partial charge in [0.05, 0.1) is 18.5 Å². The lowest BCUT2D eigenvalue weighted by Crippen LogP contribution is -2.41. The van der Waals surface area contributed by atoms with Crippen LogP contribution in [0.4, 0.5) is 10.5 Å². The summed E-state index contributed by atoms with van der Waals surface area (Å²) in [5.74, 6) is 0.492. The van der Waals surface area contributed by atoms with Crippen LogP contribution in [-0.4, -0.2) is 37.7 Å². The number of carboxylic acid groups (broad SMARTS) is 1. The highest BCUT2D eigenvalue weighted by molar-refractivity contribution is 6.74. The smallest absolute Gasteiger partial charge is 0.409 e. The van der Waals surface area contributed by atoms with Gasteiger partial charge in [-0.1, -0.05) is 20.8 Å². The summed E-state index contributed by atoms with van der Waals surface area (Å²) in [7, 11) is -1.66. The van der Waals surface area contributed by atoms with E-state index >= 15 is 0 Å².